The van der Waals surface area contributed by atoms with Crippen LogP contribution in [0.15, 0.2) is 53.9 Å². The van der Waals surface area contributed by atoms with Gasteiger partial charge in [-0.1, -0.05) is 55.0 Å². The molecule has 2 N–H and O–H groups in total. The molecule has 7 nitrogen and oxygen atoms in total. The number of likely N-dealkylation sites (tertiary alicyclic amines) is 1. The van der Waals surface area contributed by atoms with Crippen molar-refractivity contribution in [1.29, 1.82) is 0 Å². The predicted molar refractivity (Wildman–Crippen MR) is 143 cm³/mol. The lowest BCUT2D eigenvalue weighted by atomic mass is 9.65. The van der Waals surface area contributed by atoms with Gasteiger partial charge < -0.3 is 10.6 Å². The van der Waals surface area contributed by atoms with E-state index < -0.39 is 15.3 Å². The van der Waals surface area contributed by atoms with E-state index in [2.05, 4.69) is 64.9 Å². The highest BCUT2D eigenvalue weighted by Gasteiger charge is 2.46. The highest BCUT2D eigenvalue weighted by molar-refractivity contribution is 7.93. The number of benzene rings is 2. The molecule has 1 heterocycles. The van der Waals surface area contributed by atoms with Gasteiger partial charge in [0.1, 0.15) is 0 Å². The standard InChI is InChI=1S/C28H37N3O4S/c1-21(24-11-5-9-22-8-3-4-10-25(22)24)31-17-12-23(13-18-31)30-27(33)28(14-6-15-28)20-26(32)29-16-7-19-36(2,34)35/h3-5,7-11,19,21,23H,6,12-18,20H2,1-2H3,(H,29,32)(H,30,33). The van der Waals surface area contributed by atoms with Crippen LogP contribution in [0.3, 0.4) is 0 Å². The average molecular weight is 512 g/mol. The number of amides is 2. The molecule has 4 rings (SSSR count). The Bertz CT molecular complexity index is 1220. The summed E-state index contributed by atoms with van der Waals surface area (Å²) in [5.74, 6) is -0.238. The first kappa shape index (κ1) is 26.4. The van der Waals surface area contributed by atoms with E-state index in [-0.39, 0.29) is 30.8 Å². The Morgan fingerprint density at radius 1 is 1.11 bits per heavy atom. The molecular weight excluding hydrogens is 474 g/mol. The van der Waals surface area contributed by atoms with Crippen molar-refractivity contribution in [1.82, 2.24) is 15.5 Å². The molecule has 2 aromatic carbocycles. The number of carbonyl (C=O) groups is 2. The van der Waals surface area contributed by atoms with E-state index in [4.69, 9.17) is 0 Å². The highest BCUT2D eigenvalue weighted by atomic mass is 32.2. The molecule has 1 aliphatic heterocycles. The number of sulfone groups is 1. The van der Waals surface area contributed by atoms with E-state index >= 15 is 0 Å². The number of nitrogens with zero attached hydrogens (tertiary/aromatic N) is 1. The fraction of sp³-hybridized carbons (Fsp3) is 0.500. The quantitative estimate of drug-likeness (QED) is 0.535. The summed E-state index contributed by atoms with van der Waals surface area (Å²) in [4.78, 5) is 28.1. The molecule has 0 spiro atoms. The molecule has 1 atom stereocenters. The van der Waals surface area contributed by atoms with Crippen molar-refractivity contribution in [2.24, 2.45) is 5.41 Å². The minimum atomic E-state index is -3.22. The van der Waals surface area contributed by atoms with Crippen LogP contribution in [0.4, 0.5) is 0 Å². The summed E-state index contributed by atoms with van der Waals surface area (Å²) >= 11 is 0. The minimum Gasteiger partial charge on any atom is -0.353 e. The lowest BCUT2D eigenvalue weighted by Gasteiger charge is -2.42. The molecule has 8 heteroatoms. The van der Waals surface area contributed by atoms with Crippen LogP contribution in [0.5, 0.6) is 0 Å². The van der Waals surface area contributed by atoms with Gasteiger partial charge in [-0.25, -0.2) is 8.42 Å². The van der Waals surface area contributed by atoms with Crippen LogP contribution in [0.2, 0.25) is 0 Å². The Morgan fingerprint density at radius 2 is 1.81 bits per heavy atom. The van der Waals surface area contributed by atoms with Gasteiger partial charge >= 0.3 is 0 Å². The summed E-state index contributed by atoms with van der Waals surface area (Å²) in [7, 11) is -3.22. The minimum absolute atomic E-state index is 0.0175. The summed E-state index contributed by atoms with van der Waals surface area (Å²) in [6.07, 6.45) is 6.79. The average Bonchev–Trinajstić information content (AvgIpc) is 2.83. The first-order valence-corrected chi connectivity index (χ1v) is 14.8. The van der Waals surface area contributed by atoms with Gasteiger partial charge in [0.2, 0.25) is 11.8 Å². The third-order valence-corrected chi connectivity index (χ3v) is 8.42. The predicted octanol–water partition coefficient (Wildman–Crippen LogP) is 3.72. The third kappa shape index (κ3) is 6.34. The van der Waals surface area contributed by atoms with Crippen LogP contribution in [0, 0.1) is 5.41 Å². The van der Waals surface area contributed by atoms with Crippen LogP contribution in [0.25, 0.3) is 10.8 Å². The van der Waals surface area contributed by atoms with E-state index in [1.807, 2.05) is 0 Å². The fourth-order valence-electron chi connectivity index (χ4n) is 5.43. The van der Waals surface area contributed by atoms with Crippen molar-refractivity contribution in [3.05, 3.63) is 59.5 Å². The number of piperidine rings is 1. The monoisotopic (exact) mass is 511 g/mol. The zero-order valence-corrected chi connectivity index (χ0v) is 22.0. The second kappa shape index (κ2) is 11.1. The van der Waals surface area contributed by atoms with Gasteiger partial charge in [-0.05, 0) is 48.9 Å². The van der Waals surface area contributed by atoms with E-state index in [0.29, 0.717) is 18.9 Å². The largest absolute Gasteiger partial charge is 0.353 e. The molecule has 1 saturated carbocycles. The van der Waals surface area contributed by atoms with Gasteiger partial charge in [0.25, 0.3) is 0 Å². The van der Waals surface area contributed by atoms with Gasteiger partial charge in [0, 0.05) is 49.8 Å². The number of carbonyl (C=O) groups excluding carboxylic acids is 2. The van der Waals surface area contributed by atoms with Crippen molar-refractivity contribution in [2.75, 3.05) is 25.9 Å². The third-order valence-electron chi connectivity index (χ3n) is 7.74. The zero-order chi connectivity index (χ0) is 25.8. The molecule has 0 bridgehead atoms. The molecule has 1 unspecified atom stereocenters. The fourth-order valence-corrected chi connectivity index (χ4v) is 5.88. The lowest BCUT2D eigenvalue weighted by molar-refractivity contribution is -0.142. The van der Waals surface area contributed by atoms with Crippen LogP contribution in [-0.4, -0.2) is 57.1 Å². The summed E-state index contributed by atoms with van der Waals surface area (Å²) < 4.78 is 22.3. The molecule has 2 fully saturated rings. The smallest absolute Gasteiger partial charge is 0.226 e. The van der Waals surface area contributed by atoms with Crippen molar-refractivity contribution in [3.8, 4) is 0 Å². The van der Waals surface area contributed by atoms with Crippen LogP contribution >= 0.6 is 0 Å². The highest BCUT2D eigenvalue weighted by Crippen LogP contribution is 2.44. The van der Waals surface area contributed by atoms with E-state index in [9.17, 15) is 18.0 Å². The summed E-state index contributed by atoms with van der Waals surface area (Å²) in [5, 5.41) is 9.57. The molecule has 1 aliphatic carbocycles. The SMILES string of the molecule is CC(c1cccc2ccccc12)N1CCC(NC(=O)C2(CC(=O)NCC=CS(C)(=O)=O)CCC2)CC1. The molecule has 2 amide bonds. The first-order chi connectivity index (χ1) is 17.2. The molecular formula is C28H37N3O4S. The zero-order valence-electron chi connectivity index (χ0n) is 21.2. The maximum absolute atomic E-state index is 13.2. The Hall–Kier alpha value is -2.71. The van der Waals surface area contributed by atoms with E-state index in [1.165, 1.54) is 22.4 Å². The van der Waals surface area contributed by atoms with Crippen molar-refractivity contribution in [2.45, 2.75) is 57.5 Å². The van der Waals surface area contributed by atoms with Crippen molar-refractivity contribution >= 4 is 32.4 Å². The van der Waals surface area contributed by atoms with E-state index in [0.717, 1.165) is 44.0 Å². The van der Waals surface area contributed by atoms with Crippen LogP contribution in [-0.2, 0) is 19.4 Å². The number of hydrogen-bond acceptors (Lipinski definition) is 5. The van der Waals surface area contributed by atoms with E-state index in [1.54, 1.807) is 0 Å². The molecule has 36 heavy (non-hydrogen) atoms. The summed E-state index contributed by atoms with van der Waals surface area (Å²) in [6, 6.07) is 15.4. The van der Waals surface area contributed by atoms with Gasteiger partial charge in [0.05, 0.1) is 5.41 Å². The van der Waals surface area contributed by atoms with Gasteiger partial charge in [-0.3, -0.25) is 14.5 Å². The Labute approximate surface area is 214 Å². The van der Waals surface area contributed by atoms with Gasteiger partial charge in [-0.15, -0.1) is 0 Å². The maximum atomic E-state index is 13.2. The topological polar surface area (TPSA) is 95.6 Å². The Balaban J connectivity index is 1.28. The second-order valence-corrected chi connectivity index (χ2v) is 12.3. The Morgan fingerprint density at radius 3 is 2.47 bits per heavy atom. The molecule has 194 valence electrons. The van der Waals surface area contributed by atoms with Crippen molar-refractivity contribution in [3.63, 3.8) is 0 Å². The first-order valence-electron chi connectivity index (χ1n) is 12.8. The van der Waals surface area contributed by atoms with Crippen molar-refractivity contribution < 1.29 is 18.0 Å². The second-order valence-electron chi connectivity index (χ2n) is 10.3. The molecule has 2 aliphatic rings. The molecule has 0 radical (unpaired) electrons. The maximum Gasteiger partial charge on any atom is 0.226 e. The summed E-state index contributed by atoms with van der Waals surface area (Å²) in [6.45, 7) is 4.22. The number of hydrogen-bond donors (Lipinski definition) is 2. The van der Waals surface area contributed by atoms with Crippen LogP contribution in [0.1, 0.15) is 57.1 Å². The Kier molecular flexibility index (Phi) is 8.15. The van der Waals surface area contributed by atoms with Crippen LogP contribution < -0.4 is 10.6 Å². The molecule has 0 aromatic heterocycles. The van der Waals surface area contributed by atoms with Gasteiger partial charge in [-0.2, -0.15) is 0 Å². The molecule has 2 aromatic rings. The lowest BCUT2D eigenvalue weighted by Crippen LogP contribution is -2.53. The summed E-state index contributed by atoms with van der Waals surface area (Å²) in [5.41, 5.74) is 0.694. The van der Waals surface area contributed by atoms with Gasteiger partial charge in [0.15, 0.2) is 9.84 Å². The number of rotatable bonds is 9. The normalized spacial score (nSPS) is 19.6. The molecule has 1 saturated heterocycles. The number of fused-ring (bicyclic) bond motifs is 1. The number of nitrogens with one attached hydrogen (secondary N) is 2.